The predicted octanol–water partition coefficient (Wildman–Crippen LogP) is 4.09. The Morgan fingerprint density at radius 2 is 1.83 bits per heavy atom. The molecule has 3 aromatic heterocycles. The van der Waals surface area contributed by atoms with E-state index in [9.17, 15) is 9.90 Å². The Bertz CT molecular complexity index is 1050. The molecule has 0 spiro atoms. The lowest BCUT2D eigenvalue weighted by Crippen LogP contribution is -2.43. The van der Waals surface area contributed by atoms with Gasteiger partial charge in [0, 0.05) is 60.5 Å². The molecule has 1 atom stereocenters. The average molecular weight is 407 g/mol. The third-order valence-electron chi connectivity index (χ3n) is 6.61. The minimum absolute atomic E-state index is 0.132. The summed E-state index contributed by atoms with van der Waals surface area (Å²) in [5, 5.41) is 9.82. The first-order chi connectivity index (χ1) is 14.4. The summed E-state index contributed by atoms with van der Waals surface area (Å²) < 4.78 is 2.18. The number of aromatic carboxylic acids is 1. The van der Waals surface area contributed by atoms with E-state index in [1.54, 1.807) is 18.5 Å². The van der Waals surface area contributed by atoms with Crippen molar-refractivity contribution in [1.29, 1.82) is 0 Å². The first-order valence-electron chi connectivity index (χ1n) is 10.6. The molecule has 1 fully saturated rings. The van der Waals surface area contributed by atoms with Crippen molar-refractivity contribution in [3.8, 4) is 11.1 Å². The van der Waals surface area contributed by atoms with Gasteiger partial charge in [0.05, 0.1) is 5.56 Å². The smallest absolute Gasteiger partial charge is 0.336 e. The number of carbonyl (C=O) groups is 1. The van der Waals surface area contributed by atoms with E-state index in [0.29, 0.717) is 11.6 Å². The highest BCUT2D eigenvalue weighted by Gasteiger charge is 2.28. The highest BCUT2D eigenvalue weighted by Crippen LogP contribution is 2.33. The molecule has 1 aliphatic rings. The summed E-state index contributed by atoms with van der Waals surface area (Å²) in [6.45, 7) is 6.17. The Morgan fingerprint density at radius 1 is 1.17 bits per heavy atom. The van der Waals surface area contributed by atoms with Gasteiger partial charge in [-0.2, -0.15) is 0 Å². The summed E-state index contributed by atoms with van der Waals surface area (Å²) >= 11 is 0. The summed E-state index contributed by atoms with van der Waals surface area (Å²) in [5.74, 6) is -0.874. The van der Waals surface area contributed by atoms with Gasteiger partial charge in [0.25, 0.3) is 0 Å². The fourth-order valence-electron chi connectivity index (χ4n) is 4.78. The van der Waals surface area contributed by atoms with Crippen LogP contribution in [0.4, 0.5) is 0 Å². The summed E-state index contributed by atoms with van der Waals surface area (Å²) in [4.78, 5) is 20.9. The number of carboxylic acid groups (broad SMARTS) is 1. The second-order valence-electron chi connectivity index (χ2n) is 8.54. The van der Waals surface area contributed by atoms with Crippen LogP contribution in [0, 0.1) is 6.92 Å². The predicted molar refractivity (Wildman–Crippen MR) is 119 cm³/mol. The van der Waals surface area contributed by atoms with Gasteiger partial charge in [-0.3, -0.25) is 9.88 Å². The van der Waals surface area contributed by atoms with Crippen molar-refractivity contribution in [2.24, 2.45) is 0 Å². The van der Waals surface area contributed by atoms with Crippen LogP contribution in [0.5, 0.6) is 0 Å². The molecule has 0 bridgehead atoms. The maximum atomic E-state index is 12.0. The number of fused-ring (bicyclic) bond motifs is 1. The van der Waals surface area contributed by atoms with Gasteiger partial charge >= 0.3 is 5.97 Å². The van der Waals surface area contributed by atoms with E-state index in [0.717, 1.165) is 53.8 Å². The highest BCUT2D eigenvalue weighted by molar-refractivity contribution is 5.91. The van der Waals surface area contributed by atoms with E-state index < -0.39 is 5.97 Å². The normalized spacial score (nSPS) is 17.0. The molecule has 1 aliphatic heterocycles. The van der Waals surface area contributed by atoms with Gasteiger partial charge in [-0.05, 0) is 76.2 Å². The zero-order chi connectivity index (χ0) is 21.4. The van der Waals surface area contributed by atoms with Gasteiger partial charge in [-0.1, -0.05) is 0 Å². The Kier molecular flexibility index (Phi) is 5.62. The number of carboxylic acids is 1. The number of nitrogens with zero attached hydrogens (tertiary/aromatic N) is 4. The SMILES string of the molecule is Cc1c(C(=O)O)cc2cc(-c3ccncc3)cn2c1C(C)N1CCC(N(C)C)CC1. The molecule has 30 heavy (non-hydrogen) atoms. The van der Waals surface area contributed by atoms with Crippen molar-refractivity contribution >= 4 is 11.5 Å². The molecular weight excluding hydrogens is 376 g/mol. The minimum atomic E-state index is -0.874. The van der Waals surface area contributed by atoms with Gasteiger partial charge in [-0.15, -0.1) is 0 Å². The molecule has 0 amide bonds. The van der Waals surface area contributed by atoms with E-state index in [4.69, 9.17) is 0 Å². The fraction of sp³-hybridized carbons (Fsp3) is 0.417. The van der Waals surface area contributed by atoms with Crippen molar-refractivity contribution in [3.05, 3.63) is 59.7 Å². The fourth-order valence-corrected chi connectivity index (χ4v) is 4.78. The van der Waals surface area contributed by atoms with Crippen LogP contribution >= 0.6 is 0 Å². The summed E-state index contributed by atoms with van der Waals surface area (Å²) in [7, 11) is 4.29. The molecule has 6 nitrogen and oxygen atoms in total. The van der Waals surface area contributed by atoms with Gasteiger partial charge in [0.15, 0.2) is 0 Å². The van der Waals surface area contributed by atoms with E-state index in [2.05, 4.69) is 52.5 Å². The Morgan fingerprint density at radius 3 is 2.43 bits per heavy atom. The number of aromatic nitrogens is 2. The lowest BCUT2D eigenvalue weighted by Gasteiger charge is -2.39. The van der Waals surface area contributed by atoms with Gasteiger partial charge in [-0.25, -0.2) is 4.79 Å². The number of hydrogen-bond acceptors (Lipinski definition) is 4. The summed E-state index contributed by atoms with van der Waals surface area (Å²) in [6, 6.07) is 8.56. The molecule has 0 radical (unpaired) electrons. The van der Waals surface area contributed by atoms with Crippen LogP contribution in [0.15, 0.2) is 42.9 Å². The molecule has 158 valence electrons. The molecule has 1 N–H and O–H groups in total. The second-order valence-corrected chi connectivity index (χ2v) is 8.54. The molecule has 1 unspecified atom stereocenters. The zero-order valence-corrected chi connectivity index (χ0v) is 18.2. The molecule has 0 saturated carbocycles. The largest absolute Gasteiger partial charge is 0.478 e. The molecule has 1 saturated heterocycles. The Hall–Kier alpha value is -2.70. The van der Waals surface area contributed by atoms with E-state index >= 15 is 0 Å². The monoisotopic (exact) mass is 406 g/mol. The second kappa shape index (κ2) is 8.20. The number of hydrogen-bond donors (Lipinski definition) is 1. The number of likely N-dealkylation sites (tertiary alicyclic amines) is 1. The maximum absolute atomic E-state index is 12.0. The third kappa shape index (κ3) is 3.73. The van der Waals surface area contributed by atoms with Crippen LogP contribution in [0.25, 0.3) is 16.6 Å². The lowest BCUT2D eigenvalue weighted by atomic mass is 9.98. The van der Waals surface area contributed by atoms with Crippen LogP contribution in [-0.2, 0) is 0 Å². The van der Waals surface area contributed by atoms with Crippen molar-refractivity contribution in [1.82, 2.24) is 19.2 Å². The molecule has 4 rings (SSSR count). The van der Waals surface area contributed by atoms with Crippen LogP contribution in [0.3, 0.4) is 0 Å². The first-order valence-corrected chi connectivity index (χ1v) is 10.6. The van der Waals surface area contributed by atoms with Crippen molar-refractivity contribution in [2.75, 3.05) is 27.2 Å². The molecule has 6 heteroatoms. The van der Waals surface area contributed by atoms with Crippen LogP contribution in [0.1, 0.15) is 47.4 Å². The van der Waals surface area contributed by atoms with Crippen molar-refractivity contribution in [2.45, 2.75) is 38.8 Å². The number of rotatable bonds is 5. The third-order valence-corrected chi connectivity index (χ3v) is 6.61. The Balaban J connectivity index is 1.78. The van der Waals surface area contributed by atoms with Crippen LogP contribution in [-0.4, -0.2) is 63.5 Å². The number of pyridine rings is 2. The van der Waals surface area contributed by atoms with Gasteiger partial charge in [0.1, 0.15) is 0 Å². The Labute approximate surface area is 177 Å². The van der Waals surface area contributed by atoms with Crippen LogP contribution in [0.2, 0.25) is 0 Å². The molecule has 4 heterocycles. The molecule has 0 aromatic carbocycles. The molecule has 0 aliphatic carbocycles. The quantitative estimate of drug-likeness (QED) is 0.691. The summed E-state index contributed by atoms with van der Waals surface area (Å²) in [6.07, 6.45) is 7.95. The summed E-state index contributed by atoms with van der Waals surface area (Å²) in [5.41, 5.74) is 5.34. The standard InChI is InChI=1S/C24H30N4O2/c1-16-22(24(29)30)14-21-13-19(18-5-9-25-10-6-18)15-28(21)23(16)17(2)27-11-7-20(8-12-27)26(3)4/h5-6,9-10,13-15,17,20H,7-8,11-12H2,1-4H3,(H,29,30). The minimum Gasteiger partial charge on any atom is -0.478 e. The topological polar surface area (TPSA) is 61.1 Å². The maximum Gasteiger partial charge on any atom is 0.336 e. The van der Waals surface area contributed by atoms with Crippen LogP contribution < -0.4 is 0 Å². The zero-order valence-electron chi connectivity index (χ0n) is 18.2. The van der Waals surface area contributed by atoms with Gasteiger partial charge in [0.2, 0.25) is 0 Å². The first kappa shape index (κ1) is 20.6. The molecular formula is C24H30N4O2. The van der Waals surface area contributed by atoms with E-state index in [1.165, 1.54) is 0 Å². The highest BCUT2D eigenvalue weighted by atomic mass is 16.4. The van der Waals surface area contributed by atoms with Gasteiger partial charge < -0.3 is 14.4 Å². The molecule has 3 aromatic rings. The van der Waals surface area contributed by atoms with Crippen molar-refractivity contribution in [3.63, 3.8) is 0 Å². The van der Waals surface area contributed by atoms with E-state index in [1.807, 2.05) is 19.1 Å². The number of piperidine rings is 1. The van der Waals surface area contributed by atoms with E-state index in [-0.39, 0.29) is 6.04 Å². The van der Waals surface area contributed by atoms with Crippen molar-refractivity contribution < 1.29 is 9.90 Å². The lowest BCUT2D eigenvalue weighted by molar-refractivity contribution is 0.0695. The average Bonchev–Trinajstić information content (AvgIpc) is 3.17.